The van der Waals surface area contributed by atoms with E-state index in [1.807, 2.05) is 0 Å². The van der Waals surface area contributed by atoms with Gasteiger partial charge in [0.2, 0.25) is 0 Å². The Morgan fingerprint density at radius 1 is 1.12 bits per heavy atom. The van der Waals surface area contributed by atoms with Gasteiger partial charge in [0.1, 0.15) is 0 Å². The highest BCUT2D eigenvalue weighted by Crippen LogP contribution is 2.27. The summed E-state index contributed by atoms with van der Waals surface area (Å²) in [6.45, 7) is 3.39. The van der Waals surface area contributed by atoms with Gasteiger partial charge >= 0.3 is 0 Å². The molecule has 1 aliphatic rings. The van der Waals surface area contributed by atoms with E-state index in [-0.39, 0.29) is 0 Å². The fourth-order valence-corrected chi connectivity index (χ4v) is 3.10. The van der Waals surface area contributed by atoms with Crippen LogP contribution in [0.25, 0.3) is 10.9 Å². The summed E-state index contributed by atoms with van der Waals surface area (Å²) in [5, 5.41) is 1.38. The molecule has 1 heteroatoms. The van der Waals surface area contributed by atoms with Gasteiger partial charge in [0, 0.05) is 18.3 Å². The molecule has 1 fully saturated rings. The molecule has 0 aliphatic heterocycles. The Morgan fingerprint density at radius 3 is 2.76 bits per heavy atom. The van der Waals surface area contributed by atoms with E-state index in [0.717, 1.165) is 5.92 Å². The first kappa shape index (κ1) is 10.9. The third-order valence-electron chi connectivity index (χ3n) is 4.11. The minimum absolute atomic E-state index is 0.903. The van der Waals surface area contributed by atoms with Gasteiger partial charge in [0.15, 0.2) is 0 Å². The largest absolute Gasteiger partial charge is 0.347 e. The third kappa shape index (κ3) is 2.24. The molecule has 0 atom stereocenters. The number of aromatic nitrogens is 1. The molecule has 1 heterocycles. The van der Waals surface area contributed by atoms with Gasteiger partial charge in [-0.1, -0.05) is 31.4 Å². The minimum atomic E-state index is 0.903. The first-order valence-electron chi connectivity index (χ1n) is 6.88. The van der Waals surface area contributed by atoms with Crippen molar-refractivity contribution in [1.82, 2.24) is 4.57 Å². The van der Waals surface area contributed by atoms with Gasteiger partial charge in [-0.2, -0.15) is 0 Å². The minimum Gasteiger partial charge on any atom is -0.347 e. The van der Waals surface area contributed by atoms with E-state index in [2.05, 4.69) is 42.0 Å². The van der Waals surface area contributed by atoms with E-state index in [4.69, 9.17) is 0 Å². The molecule has 1 aromatic heterocycles. The van der Waals surface area contributed by atoms with Crippen LogP contribution in [-0.2, 0) is 6.54 Å². The summed E-state index contributed by atoms with van der Waals surface area (Å²) < 4.78 is 2.46. The van der Waals surface area contributed by atoms with Gasteiger partial charge in [0.05, 0.1) is 0 Å². The molecule has 2 aromatic rings. The number of hydrogen-bond donors (Lipinski definition) is 0. The summed E-state index contributed by atoms with van der Waals surface area (Å²) in [6.07, 6.45) is 9.42. The van der Waals surface area contributed by atoms with Crippen LogP contribution in [0.4, 0.5) is 0 Å². The predicted octanol–water partition coefficient (Wildman–Crippen LogP) is 4.53. The molecule has 0 bridgehead atoms. The van der Waals surface area contributed by atoms with Crippen molar-refractivity contribution in [2.45, 2.75) is 45.6 Å². The van der Waals surface area contributed by atoms with E-state index in [0.29, 0.717) is 0 Å². The maximum Gasteiger partial charge on any atom is 0.0483 e. The zero-order valence-corrected chi connectivity index (χ0v) is 10.7. The Morgan fingerprint density at radius 2 is 1.94 bits per heavy atom. The Labute approximate surface area is 103 Å². The zero-order valence-electron chi connectivity index (χ0n) is 10.7. The molecule has 1 nitrogen and oxygen atoms in total. The average molecular weight is 227 g/mol. The second kappa shape index (κ2) is 4.56. The molecule has 1 aromatic carbocycles. The lowest BCUT2D eigenvalue weighted by atomic mass is 9.89. The van der Waals surface area contributed by atoms with E-state index in [9.17, 15) is 0 Å². The second-order valence-corrected chi connectivity index (χ2v) is 5.53. The lowest BCUT2D eigenvalue weighted by molar-refractivity contribution is 0.322. The molecular weight excluding hydrogens is 206 g/mol. The van der Waals surface area contributed by atoms with Crippen LogP contribution in [0, 0.1) is 12.8 Å². The number of aryl methyl sites for hydroxylation is 1. The highest BCUT2D eigenvalue weighted by molar-refractivity contribution is 5.80. The first-order valence-corrected chi connectivity index (χ1v) is 6.88. The van der Waals surface area contributed by atoms with Crippen molar-refractivity contribution in [2.75, 3.05) is 0 Å². The highest BCUT2D eigenvalue weighted by Gasteiger charge is 2.14. The van der Waals surface area contributed by atoms with E-state index < -0.39 is 0 Å². The van der Waals surface area contributed by atoms with Gasteiger partial charge in [-0.15, -0.1) is 0 Å². The Hall–Kier alpha value is -1.24. The van der Waals surface area contributed by atoms with Crippen LogP contribution in [0.5, 0.6) is 0 Å². The molecule has 0 saturated heterocycles. The summed E-state index contributed by atoms with van der Waals surface area (Å²) in [4.78, 5) is 0. The average Bonchev–Trinajstić information content (AvgIpc) is 2.73. The van der Waals surface area contributed by atoms with Crippen molar-refractivity contribution in [2.24, 2.45) is 5.92 Å². The molecule has 0 N–H and O–H groups in total. The molecule has 1 saturated carbocycles. The molecular formula is C16H21N. The van der Waals surface area contributed by atoms with Crippen molar-refractivity contribution in [3.8, 4) is 0 Å². The van der Waals surface area contributed by atoms with Gasteiger partial charge in [-0.25, -0.2) is 0 Å². The zero-order chi connectivity index (χ0) is 11.7. The third-order valence-corrected chi connectivity index (χ3v) is 4.11. The summed E-state index contributed by atoms with van der Waals surface area (Å²) in [6, 6.07) is 9.01. The van der Waals surface area contributed by atoms with Crippen molar-refractivity contribution in [3.05, 3.63) is 36.0 Å². The lowest BCUT2D eigenvalue weighted by Crippen LogP contribution is -2.13. The molecule has 0 unspecified atom stereocenters. The topological polar surface area (TPSA) is 4.93 Å². The smallest absolute Gasteiger partial charge is 0.0483 e. The summed E-state index contributed by atoms with van der Waals surface area (Å²) in [5.41, 5.74) is 2.77. The molecule has 0 spiro atoms. The van der Waals surface area contributed by atoms with E-state index in [1.165, 1.54) is 55.1 Å². The molecule has 3 rings (SSSR count). The van der Waals surface area contributed by atoms with Gasteiger partial charge in [-0.3, -0.25) is 0 Å². The first-order chi connectivity index (χ1) is 8.33. The van der Waals surface area contributed by atoms with Crippen LogP contribution >= 0.6 is 0 Å². The quantitative estimate of drug-likeness (QED) is 0.710. The van der Waals surface area contributed by atoms with Gasteiger partial charge < -0.3 is 4.57 Å². The van der Waals surface area contributed by atoms with E-state index in [1.54, 1.807) is 0 Å². The van der Waals surface area contributed by atoms with Crippen LogP contribution in [0.1, 0.15) is 37.7 Å². The Kier molecular flexibility index (Phi) is 2.92. The van der Waals surface area contributed by atoms with Crippen molar-refractivity contribution >= 4 is 10.9 Å². The molecule has 90 valence electrons. The van der Waals surface area contributed by atoms with Crippen LogP contribution in [0.3, 0.4) is 0 Å². The maximum absolute atomic E-state index is 2.46. The highest BCUT2D eigenvalue weighted by atomic mass is 15.0. The summed E-state index contributed by atoms with van der Waals surface area (Å²) in [5.74, 6) is 0.903. The van der Waals surface area contributed by atoms with Crippen molar-refractivity contribution in [3.63, 3.8) is 0 Å². The van der Waals surface area contributed by atoms with Crippen molar-refractivity contribution in [1.29, 1.82) is 0 Å². The fourth-order valence-electron chi connectivity index (χ4n) is 3.10. The standard InChI is InChI=1S/C16H21N/c1-13-7-8-15-9-10-17(16(15)11-13)12-14-5-3-2-4-6-14/h7-11,14H,2-6,12H2,1H3. The second-order valence-electron chi connectivity index (χ2n) is 5.53. The molecule has 1 aliphatic carbocycles. The number of fused-ring (bicyclic) bond motifs is 1. The predicted molar refractivity (Wildman–Crippen MR) is 73.3 cm³/mol. The Bertz CT molecular complexity index is 503. The molecule has 0 amide bonds. The normalized spacial score (nSPS) is 17.7. The van der Waals surface area contributed by atoms with Crippen LogP contribution in [-0.4, -0.2) is 4.57 Å². The number of benzene rings is 1. The number of hydrogen-bond acceptors (Lipinski definition) is 0. The van der Waals surface area contributed by atoms with Gasteiger partial charge in [-0.05, 0) is 48.8 Å². The number of rotatable bonds is 2. The van der Waals surface area contributed by atoms with E-state index >= 15 is 0 Å². The SMILES string of the molecule is Cc1ccc2ccn(CC3CCCCC3)c2c1. The molecule has 17 heavy (non-hydrogen) atoms. The van der Waals surface area contributed by atoms with Crippen LogP contribution < -0.4 is 0 Å². The van der Waals surface area contributed by atoms with Gasteiger partial charge in [0.25, 0.3) is 0 Å². The summed E-state index contributed by atoms with van der Waals surface area (Å²) in [7, 11) is 0. The lowest BCUT2D eigenvalue weighted by Gasteiger charge is -2.22. The summed E-state index contributed by atoms with van der Waals surface area (Å²) >= 11 is 0. The Balaban J connectivity index is 1.86. The molecule has 0 radical (unpaired) electrons. The van der Waals surface area contributed by atoms with Crippen LogP contribution in [0.15, 0.2) is 30.5 Å². The van der Waals surface area contributed by atoms with Crippen molar-refractivity contribution < 1.29 is 0 Å². The number of nitrogens with zero attached hydrogens (tertiary/aromatic N) is 1. The van der Waals surface area contributed by atoms with Crippen LogP contribution in [0.2, 0.25) is 0 Å². The maximum atomic E-state index is 2.46. The monoisotopic (exact) mass is 227 g/mol. The fraction of sp³-hybridized carbons (Fsp3) is 0.500.